The van der Waals surface area contributed by atoms with Gasteiger partial charge in [0.05, 0.1) is 18.7 Å². The predicted molar refractivity (Wildman–Crippen MR) is 134 cm³/mol. The van der Waals surface area contributed by atoms with Crippen molar-refractivity contribution >= 4 is 29.6 Å². The monoisotopic (exact) mass is 533 g/mol. The zero-order valence-electron chi connectivity index (χ0n) is 21.3. The van der Waals surface area contributed by atoms with E-state index in [1.54, 1.807) is 13.8 Å². The summed E-state index contributed by atoms with van der Waals surface area (Å²) in [5.74, 6) is -4.46. The Balaban J connectivity index is 2.17. The molecule has 5 atom stereocenters. The number of carboxylic acid groups (broad SMARTS) is 1. The largest absolute Gasteiger partial charge is 0.480 e. The molecule has 0 saturated carbocycles. The molecule has 0 fully saturated rings. The fraction of sp³-hybridized carbons (Fsp3) is 0.522. The van der Waals surface area contributed by atoms with Crippen LogP contribution in [0.15, 0.2) is 25.0 Å². The molecular weight excluding hydrogens is 498 g/mol. The SMILES string of the molecule is CCC(C)C(NC(=O)C(Cc1cnc[nH]1)NC(=O)C(N)Cc1cnc[nH]1)C(=O)NC(CCC(N)=O)C(=O)O. The number of aromatic amines is 2. The highest BCUT2D eigenvalue weighted by molar-refractivity contribution is 5.94. The molecule has 208 valence electrons. The summed E-state index contributed by atoms with van der Waals surface area (Å²) in [5.41, 5.74) is 12.3. The number of aromatic nitrogens is 4. The van der Waals surface area contributed by atoms with E-state index in [2.05, 4.69) is 35.9 Å². The highest BCUT2D eigenvalue weighted by Crippen LogP contribution is 2.11. The van der Waals surface area contributed by atoms with Crippen molar-refractivity contribution in [1.29, 1.82) is 0 Å². The maximum absolute atomic E-state index is 13.3. The quantitative estimate of drug-likeness (QED) is 0.120. The van der Waals surface area contributed by atoms with E-state index in [-0.39, 0.29) is 25.7 Å². The molecule has 0 aliphatic rings. The number of carbonyl (C=O) groups is 5. The van der Waals surface area contributed by atoms with Gasteiger partial charge in [0.15, 0.2) is 0 Å². The van der Waals surface area contributed by atoms with E-state index in [4.69, 9.17) is 11.5 Å². The smallest absolute Gasteiger partial charge is 0.326 e. The van der Waals surface area contributed by atoms with E-state index in [9.17, 15) is 29.1 Å². The van der Waals surface area contributed by atoms with Gasteiger partial charge in [0.2, 0.25) is 23.6 Å². The predicted octanol–water partition coefficient (Wildman–Crippen LogP) is -1.90. The third-order valence-electron chi connectivity index (χ3n) is 6.03. The Hall–Kier alpha value is -4.27. The van der Waals surface area contributed by atoms with E-state index >= 15 is 0 Å². The lowest BCUT2D eigenvalue weighted by Crippen LogP contribution is -2.59. The maximum Gasteiger partial charge on any atom is 0.326 e. The number of hydrogen-bond donors (Lipinski definition) is 8. The van der Waals surface area contributed by atoms with Crippen molar-refractivity contribution in [3.63, 3.8) is 0 Å². The number of nitrogens with zero attached hydrogens (tertiary/aromatic N) is 2. The molecule has 2 aromatic rings. The van der Waals surface area contributed by atoms with Crippen LogP contribution in [-0.4, -0.2) is 78.8 Å². The van der Waals surface area contributed by atoms with Crippen molar-refractivity contribution in [3.8, 4) is 0 Å². The lowest BCUT2D eigenvalue weighted by molar-refractivity contribution is -0.143. The molecule has 0 spiro atoms. The summed E-state index contributed by atoms with van der Waals surface area (Å²) in [6.45, 7) is 3.52. The number of nitrogens with one attached hydrogen (secondary N) is 5. The molecule has 15 nitrogen and oxygen atoms in total. The van der Waals surface area contributed by atoms with Crippen LogP contribution in [0.4, 0.5) is 0 Å². The fourth-order valence-corrected chi connectivity index (χ4v) is 3.59. The summed E-state index contributed by atoms with van der Waals surface area (Å²) in [5, 5.41) is 17.1. The minimum atomic E-state index is -1.38. The summed E-state index contributed by atoms with van der Waals surface area (Å²) in [7, 11) is 0. The van der Waals surface area contributed by atoms with Crippen LogP contribution in [0.1, 0.15) is 44.5 Å². The van der Waals surface area contributed by atoms with Gasteiger partial charge in [-0.1, -0.05) is 20.3 Å². The molecule has 5 unspecified atom stereocenters. The Kier molecular flexibility index (Phi) is 11.4. The first kappa shape index (κ1) is 30.0. The number of imidazole rings is 2. The van der Waals surface area contributed by atoms with Gasteiger partial charge in [-0.15, -0.1) is 0 Å². The van der Waals surface area contributed by atoms with Crippen LogP contribution < -0.4 is 27.4 Å². The van der Waals surface area contributed by atoms with Crippen LogP contribution in [0.3, 0.4) is 0 Å². The number of carboxylic acids is 1. The second kappa shape index (κ2) is 14.5. The summed E-state index contributed by atoms with van der Waals surface area (Å²) in [4.78, 5) is 75.4. The molecular formula is C23H35N9O6. The Labute approximate surface area is 218 Å². The van der Waals surface area contributed by atoms with E-state index in [0.717, 1.165) is 0 Å². The second-order valence-corrected chi connectivity index (χ2v) is 9.01. The molecule has 10 N–H and O–H groups in total. The Bertz CT molecular complexity index is 1070. The number of rotatable bonds is 16. The first-order valence-electron chi connectivity index (χ1n) is 12.1. The van der Waals surface area contributed by atoms with E-state index < -0.39 is 59.7 Å². The molecule has 0 radical (unpaired) electrons. The zero-order chi connectivity index (χ0) is 28.2. The molecule has 38 heavy (non-hydrogen) atoms. The van der Waals surface area contributed by atoms with Gasteiger partial charge in [-0.3, -0.25) is 19.2 Å². The van der Waals surface area contributed by atoms with Gasteiger partial charge < -0.3 is 42.5 Å². The van der Waals surface area contributed by atoms with Crippen LogP contribution in [0.5, 0.6) is 0 Å². The molecule has 0 bridgehead atoms. The summed E-state index contributed by atoms with van der Waals surface area (Å²) < 4.78 is 0. The molecule has 0 saturated heterocycles. The third-order valence-corrected chi connectivity index (χ3v) is 6.03. The average Bonchev–Trinajstić information content (AvgIpc) is 3.58. The molecule has 0 aliphatic heterocycles. The van der Waals surface area contributed by atoms with Crippen LogP contribution in [0.2, 0.25) is 0 Å². The minimum absolute atomic E-state index is 0.0273. The van der Waals surface area contributed by atoms with Gasteiger partial charge >= 0.3 is 5.97 Å². The van der Waals surface area contributed by atoms with Crippen LogP contribution in [-0.2, 0) is 36.8 Å². The van der Waals surface area contributed by atoms with Crippen molar-refractivity contribution in [2.75, 3.05) is 0 Å². The lowest BCUT2D eigenvalue weighted by Gasteiger charge is -2.28. The van der Waals surface area contributed by atoms with E-state index in [1.807, 2.05) is 0 Å². The number of aliphatic carboxylic acids is 1. The van der Waals surface area contributed by atoms with Crippen molar-refractivity contribution in [3.05, 3.63) is 36.4 Å². The number of H-pyrrole nitrogens is 2. The van der Waals surface area contributed by atoms with Gasteiger partial charge in [-0.2, -0.15) is 0 Å². The molecule has 0 aliphatic carbocycles. The van der Waals surface area contributed by atoms with Crippen molar-refractivity contribution in [2.24, 2.45) is 17.4 Å². The summed E-state index contributed by atoms with van der Waals surface area (Å²) >= 11 is 0. The Morgan fingerprint density at radius 1 is 0.921 bits per heavy atom. The molecule has 2 heterocycles. The molecule has 15 heteroatoms. The number of nitrogens with two attached hydrogens (primary N) is 2. The van der Waals surface area contributed by atoms with Crippen LogP contribution in [0.25, 0.3) is 0 Å². The minimum Gasteiger partial charge on any atom is -0.480 e. The van der Waals surface area contributed by atoms with Gasteiger partial charge in [0, 0.05) is 43.0 Å². The maximum atomic E-state index is 13.3. The molecule has 2 rings (SSSR count). The van der Waals surface area contributed by atoms with Gasteiger partial charge in [0.25, 0.3) is 0 Å². The second-order valence-electron chi connectivity index (χ2n) is 9.01. The molecule has 2 aromatic heterocycles. The Morgan fingerprint density at radius 3 is 2.00 bits per heavy atom. The van der Waals surface area contributed by atoms with Crippen LogP contribution >= 0.6 is 0 Å². The van der Waals surface area contributed by atoms with Crippen molar-refractivity contribution < 1.29 is 29.1 Å². The number of carbonyl (C=O) groups excluding carboxylic acids is 4. The highest BCUT2D eigenvalue weighted by atomic mass is 16.4. The normalized spacial score (nSPS) is 14.9. The third kappa shape index (κ3) is 9.31. The van der Waals surface area contributed by atoms with Crippen molar-refractivity contribution in [2.45, 2.75) is 70.1 Å². The average molecular weight is 534 g/mol. The van der Waals surface area contributed by atoms with Gasteiger partial charge in [-0.05, 0) is 12.3 Å². The topological polar surface area (TPSA) is 251 Å². The van der Waals surface area contributed by atoms with Crippen molar-refractivity contribution in [1.82, 2.24) is 35.9 Å². The first-order chi connectivity index (χ1) is 18.0. The molecule has 4 amide bonds. The Morgan fingerprint density at radius 2 is 1.50 bits per heavy atom. The fourth-order valence-electron chi connectivity index (χ4n) is 3.59. The lowest BCUT2D eigenvalue weighted by atomic mass is 9.96. The van der Waals surface area contributed by atoms with Gasteiger partial charge in [-0.25, -0.2) is 14.8 Å². The van der Waals surface area contributed by atoms with E-state index in [1.165, 1.54) is 25.0 Å². The number of hydrogen-bond acceptors (Lipinski definition) is 8. The van der Waals surface area contributed by atoms with E-state index in [0.29, 0.717) is 17.8 Å². The highest BCUT2D eigenvalue weighted by Gasteiger charge is 2.33. The van der Waals surface area contributed by atoms with Gasteiger partial charge in [0.1, 0.15) is 18.1 Å². The standard InChI is InChI=1S/C23H35N9O6/c1-3-12(2)19(22(36)30-16(23(37)38)4-5-18(25)33)32-21(35)17(7-14-9-27-11-29-14)31-20(34)15(24)6-13-8-26-10-28-13/h8-12,15-17,19H,3-7,24H2,1-2H3,(H2,25,33)(H,26,28)(H,27,29)(H,30,36)(H,31,34)(H,32,35)(H,37,38). The first-order valence-corrected chi connectivity index (χ1v) is 12.1. The number of amides is 4. The van der Waals surface area contributed by atoms with Crippen LogP contribution in [0, 0.1) is 5.92 Å². The zero-order valence-corrected chi connectivity index (χ0v) is 21.3. The number of primary amides is 1. The summed E-state index contributed by atoms with van der Waals surface area (Å²) in [6.07, 6.45) is 6.12. The summed E-state index contributed by atoms with van der Waals surface area (Å²) in [6, 6.07) is -4.61. The molecule has 0 aromatic carbocycles.